The smallest absolute Gasteiger partial charge is 0.0385 e. The van der Waals surface area contributed by atoms with Crippen molar-refractivity contribution in [2.75, 3.05) is 45.8 Å². The monoisotopic (exact) mass is 276 g/mol. The van der Waals surface area contributed by atoms with E-state index >= 15 is 0 Å². The fourth-order valence-corrected chi connectivity index (χ4v) is 2.76. The van der Waals surface area contributed by atoms with Crippen LogP contribution in [0, 0.1) is 13.8 Å². The number of azide groups is 1. The molecule has 1 saturated heterocycles. The summed E-state index contributed by atoms with van der Waals surface area (Å²) in [5.41, 5.74) is 11.0. The lowest BCUT2D eigenvalue weighted by molar-refractivity contribution is 0.131. The van der Waals surface area contributed by atoms with Gasteiger partial charge in [-0.1, -0.05) is 5.11 Å². The molecule has 20 heavy (non-hydrogen) atoms. The van der Waals surface area contributed by atoms with Crippen molar-refractivity contribution in [3.63, 3.8) is 0 Å². The van der Waals surface area contributed by atoms with E-state index < -0.39 is 0 Å². The second-order valence-corrected chi connectivity index (χ2v) is 5.41. The van der Waals surface area contributed by atoms with Crippen LogP contribution in [0.15, 0.2) is 17.2 Å². The summed E-state index contributed by atoms with van der Waals surface area (Å²) in [7, 11) is 0. The third-order valence-electron chi connectivity index (χ3n) is 4.10. The Labute approximate surface area is 120 Å². The summed E-state index contributed by atoms with van der Waals surface area (Å²) in [5.74, 6) is 0. The highest BCUT2D eigenvalue weighted by Crippen LogP contribution is 2.08. The van der Waals surface area contributed by atoms with Crippen molar-refractivity contribution in [1.82, 2.24) is 14.4 Å². The molecule has 0 N–H and O–H groups in total. The predicted octanol–water partition coefficient (Wildman–Crippen LogP) is 2.03. The zero-order chi connectivity index (χ0) is 14.4. The van der Waals surface area contributed by atoms with E-state index in [-0.39, 0.29) is 0 Å². The third kappa shape index (κ3) is 4.00. The van der Waals surface area contributed by atoms with Gasteiger partial charge in [-0.3, -0.25) is 4.90 Å². The molecule has 2 rings (SSSR count). The maximum Gasteiger partial charge on any atom is 0.0385 e. The van der Waals surface area contributed by atoms with Crippen LogP contribution in [-0.2, 0) is 6.54 Å². The van der Waals surface area contributed by atoms with E-state index in [9.17, 15) is 0 Å². The maximum absolute atomic E-state index is 8.27. The minimum atomic E-state index is 0.582. The topological polar surface area (TPSA) is 60.2 Å². The lowest BCUT2D eigenvalue weighted by Crippen LogP contribution is -2.47. The average Bonchev–Trinajstić information content (AvgIpc) is 2.78. The Hall–Kier alpha value is -1.49. The summed E-state index contributed by atoms with van der Waals surface area (Å²) in [6, 6.07) is 4.37. The molecule has 110 valence electrons. The fourth-order valence-electron chi connectivity index (χ4n) is 2.76. The summed E-state index contributed by atoms with van der Waals surface area (Å²) in [6.45, 7) is 12.3. The van der Waals surface area contributed by atoms with Gasteiger partial charge in [-0.25, -0.2) is 0 Å². The van der Waals surface area contributed by atoms with Crippen LogP contribution >= 0.6 is 0 Å². The number of nitrogens with zero attached hydrogens (tertiary/aromatic N) is 6. The molecule has 0 amide bonds. The van der Waals surface area contributed by atoms with Crippen molar-refractivity contribution in [2.45, 2.75) is 20.4 Å². The molecule has 1 fully saturated rings. The molecule has 2 heterocycles. The maximum atomic E-state index is 8.27. The van der Waals surface area contributed by atoms with E-state index in [1.165, 1.54) is 11.4 Å². The summed E-state index contributed by atoms with van der Waals surface area (Å²) < 4.78 is 2.38. The first kappa shape index (κ1) is 14.9. The predicted molar refractivity (Wildman–Crippen MR) is 80.8 cm³/mol. The average molecular weight is 276 g/mol. The molecule has 1 aromatic heterocycles. The van der Waals surface area contributed by atoms with E-state index in [1.807, 2.05) is 0 Å². The van der Waals surface area contributed by atoms with E-state index in [0.29, 0.717) is 6.54 Å². The van der Waals surface area contributed by atoms with E-state index in [2.05, 4.69) is 50.4 Å². The summed E-state index contributed by atoms with van der Waals surface area (Å²) in [5, 5.41) is 3.60. The summed E-state index contributed by atoms with van der Waals surface area (Å²) >= 11 is 0. The molecule has 1 aromatic rings. The Morgan fingerprint density at radius 1 is 1.00 bits per heavy atom. The minimum absolute atomic E-state index is 0.582. The minimum Gasteiger partial charge on any atom is -0.348 e. The molecule has 6 nitrogen and oxygen atoms in total. The van der Waals surface area contributed by atoms with Gasteiger partial charge in [0.05, 0.1) is 0 Å². The molecular weight excluding hydrogens is 252 g/mol. The van der Waals surface area contributed by atoms with E-state index in [4.69, 9.17) is 5.53 Å². The van der Waals surface area contributed by atoms with Crippen LogP contribution < -0.4 is 0 Å². The van der Waals surface area contributed by atoms with Gasteiger partial charge in [0.25, 0.3) is 0 Å². The largest absolute Gasteiger partial charge is 0.348 e. The van der Waals surface area contributed by atoms with Gasteiger partial charge in [0.15, 0.2) is 0 Å². The molecule has 0 spiro atoms. The van der Waals surface area contributed by atoms with Crippen LogP contribution in [0.4, 0.5) is 0 Å². The number of hydrogen-bond acceptors (Lipinski definition) is 3. The Morgan fingerprint density at radius 2 is 1.55 bits per heavy atom. The first-order chi connectivity index (χ1) is 9.70. The summed E-state index contributed by atoms with van der Waals surface area (Å²) in [6.07, 6.45) is 0. The lowest BCUT2D eigenvalue weighted by atomic mass is 10.3. The van der Waals surface area contributed by atoms with Crippen LogP contribution in [-0.4, -0.2) is 60.2 Å². The van der Waals surface area contributed by atoms with Gasteiger partial charge in [-0.05, 0) is 31.5 Å². The van der Waals surface area contributed by atoms with Crippen LogP contribution in [0.3, 0.4) is 0 Å². The second kappa shape index (κ2) is 7.33. The molecule has 0 radical (unpaired) electrons. The van der Waals surface area contributed by atoms with Crippen molar-refractivity contribution >= 4 is 0 Å². The molecule has 0 bridgehead atoms. The molecule has 0 saturated carbocycles. The highest BCUT2D eigenvalue weighted by molar-refractivity contribution is 5.13. The van der Waals surface area contributed by atoms with Gasteiger partial charge in [-0.15, -0.1) is 0 Å². The standard InChI is InChI=1S/C14H24N6/c1-13-3-4-14(2)20(13)12-11-19-9-7-18(8-10-19)6-5-16-17-15/h3-4H,5-12H2,1-2H3. The van der Waals surface area contributed by atoms with Gasteiger partial charge in [-0.2, -0.15) is 0 Å². The van der Waals surface area contributed by atoms with Gasteiger partial charge in [0.1, 0.15) is 0 Å². The number of piperazine rings is 1. The third-order valence-corrected chi connectivity index (χ3v) is 4.10. The molecule has 6 heteroatoms. The van der Waals surface area contributed by atoms with Crippen LogP contribution in [0.5, 0.6) is 0 Å². The van der Waals surface area contributed by atoms with Crippen molar-refractivity contribution < 1.29 is 0 Å². The van der Waals surface area contributed by atoms with Crippen LogP contribution in [0.25, 0.3) is 10.4 Å². The molecule has 0 aromatic carbocycles. The number of hydrogen-bond donors (Lipinski definition) is 0. The van der Waals surface area contributed by atoms with Crippen molar-refractivity contribution in [3.05, 3.63) is 34.0 Å². The van der Waals surface area contributed by atoms with Crippen molar-refractivity contribution in [1.29, 1.82) is 0 Å². The summed E-state index contributed by atoms with van der Waals surface area (Å²) in [4.78, 5) is 7.68. The number of aryl methyl sites for hydroxylation is 2. The zero-order valence-electron chi connectivity index (χ0n) is 12.5. The van der Waals surface area contributed by atoms with E-state index in [0.717, 1.165) is 45.8 Å². The molecule has 0 unspecified atom stereocenters. The highest BCUT2D eigenvalue weighted by atomic mass is 15.3. The molecule has 0 atom stereocenters. The first-order valence-electron chi connectivity index (χ1n) is 7.29. The van der Waals surface area contributed by atoms with Gasteiger partial charge in [0, 0.05) is 68.7 Å². The van der Waals surface area contributed by atoms with E-state index in [1.54, 1.807) is 0 Å². The SMILES string of the molecule is Cc1ccc(C)n1CCN1CCN(CCN=[N+]=[N-])CC1. The zero-order valence-corrected chi connectivity index (χ0v) is 12.5. The highest BCUT2D eigenvalue weighted by Gasteiger charge is 2.16. The van der Waals surface area contributed by atoms with Gasteiger partial charge < -0.3 is 9.47 Å². The quantitative estimate of drug-likeness (QED) is 0.453. The van der Waals surface area contributed by atoms with Crippen molar-refractivity contribution in [3.8, 4) is 0 Å². The molecule has 1 aliphatic heterocycles. The normalized spacial score (nSPS) is 17.1. The molecule has 1 aliphatic rings. The van der Waals surface area contributed by atoms with Gasteiger partial charge in [0.2, 0.25) is 0 Å². The molecule has 0 aliphatic carbocycles. The van der Waals surface area contributed by atoms with Gasteiger partial charge >= 0.3 is 0 Å². The van der Waals surface area contributed by atoms with Crippen molar-refractivity contribution in [2.24, 2.45) is 5.11 Å². The Kier molecular flexibility index (Phi) is 5.47. The Bertz CT molecular complexity index is 447. The number of rotatable bonds is 6. The van der Waals surface area contributed by atoms with Crippen LogP contribution in [0.2, 0.25) is 0 Å². The first-order valence-corrected chi connectivity index (χ1v) is 7.29. The fraction of sp³-hybridized carbons (Fsp3) is 0.714. The second-order valence-electron chi connectivity index (χ2n) is 5.41. The lowest BCUT2D eigenvalue weighted by Gasteiger charge is -2.34. The Balaban J connectivity index is 1.71. The van der Waals surface area contributed by atoms with Crippen LogP contribution in [0.1, 0.15) is 11.4 Å². The number of aromatic nitrogens is 1. The molecular formula is C14H24N6. The Morgan fingerprint density at radius 3 is 2.10 bits per heavy atom.